The van der Waals surface area contributed by atoms with Gasteiger partial charge in [0, 0.05) is 16.7 Å². The molecule has 0 saturated carbocycles. The first-order chi connectivity index (χ1) is 9.10. The Labute approximate surface area is 117 Å². The number of benzene rings is 1. The van der Waals surface area contributed by atoms with Crippen LogP contribution in [0.1, 0.15) is 10.5 Å². The fourth-order valence-electron chi connectivity index (χ4n) is 1.37. The molecule has 0 aliphatic heterocycles. The largest absolute Gasteiger partial charge is 0.464 e. The van der Waals surface area contributed by atoms with Crippen molar-refractivity contribution in [2.24, 2.45) is 0 Å². The van der Waals surface area contributed by atoms with E-state index >= 15 is 0 Å². The smallest absolute Gasteiger partial charge is 0.356 e. The highest BCUT2D eigenvalue weighted by Crippen LogP contribution is 2.27. The van der Waals surface area contributed by atoms with Crippen molar-refractivity contribution in [3.63, 3.8) is 0 Å². The molecule has 19 heavy (non-hydrogen) atoms. The second kappa shape index (κ2) is 5.79. The van der Waals surface area contributed by atoms with Gasteiger partial charge in [-0.1, -0.05) is 15.9 Å². The highest BCUT2D eigenvalue weighted by Gasteiger charge is 2.10. The predicted octanol–water partition coefficient (Wildman–Crippen LogP) is 3.56. The molecule has 0 saturated heterocycles. The zero-order chi connectivity index (χ0) is 13.8. The van der Waals surface area contributed by atoms with E-state index in [9.17, 15) is 9.18 Å². The van der Waals surface area contributed by atoms with Gasteiger partial charge in [-0.2, -0.15) is 0 Å². The van der Waals surface area contributed by atoms with E-state index in [0.29, 0.717) is 10.2 Å². The van der Waals surface area contributed by atoms with Crippen LogP contribution in [0, 0.1) is 5.82 Å². The van der Waals surface area contributed by atoms with E-state index in [-0.39, 0.29) is 11.4 Å². The van der Waals surface area contributed by atoms with E-state index in [1.807, 2.05) is 0 Å². The molecule has 0 spiro atoms. The number of pyridine rings is 1. The molecule has 0 unspecified atom stereocenters. The highest BCUT2D eigenvalue weighted by atomic mass is 79.9. The average molecular weight is 326 g/mol. The molecule has 0 atom stereocenters. The number of carbonyl (C=O) groups is 1. The number of aromatic nitrogens is 1. The van der Waals surface area contributed by atoms with Crippen LogP contribution in [0.25, 0.3) is 0 Å². The van der Waals surface area contributed by atoms with Crippen LogP contribution in [0.4, 0.5) is 4.39 Å². The lowest BCUT2D eigenvalue weighted by Crippen LogP contribution is -2.03. The molecule has 1 aromatic carbocycles. The third kappa shape index (κ3) is 3.29. The van der Waals surface area contributed by atoms with Crippen LogP contribution in [0.5, 0.6) is 11.5 Å². The summed E-state index contributed by atoms with van der Waals surface area (Å²) in [6.45, 7) is 0. The molecule has 0 fully saturated rings. The van der Waals surface area contributed by atoms with Crippen molar-refractivity contribution in [1.29, 1.82) is 0 Å². The summed E-state index contributed by atoms with van der Waals surface area (Å²) in [7, 11) is 1.26. The van der Waals surface area contributed by atoms with Crippen molar-refractivity contribution in [2.45, 2.75) is 0 Å². The summed E-state index contributed by atoms with van der Waals surface area (Å²) >= 11 is 3.23. The standard InChI is InChI=1S/C13H9BrFNO3/c1-18-13(17)11-7-9(4-5-16-11)19-12-6-8(14)2-3-10(12)15/h2-7H,1H3. The van der Waals surface area contributed by atoms with Crippen molar-refractivity contribution < 1.29 is 18.7 Å². The summed E-state index contributed by atoms with van der Waals surface area (Å²) < 4.78 is 24.1. The first-order valence-electron chi connectivity index (χ1n) is 5.27. The van der Waals surface area contributed by atoms with E-state index in [2.05, 4.69) is 25.7 Å². The summed E-state index contributed by atoms with van der Waals surface area (Å²) in [5, 5.41) is 0. The molecular weight excluding hydrogens is 317 g/mol. The number of nitrogens with zero attached hydrogens (tertiary/aromatic N) is 1. The Hall–Kier alpha value is -1.95. The van der Waals surface area contributed by atoms with Crippen molar-refractivity contribution in [3.8, 4) is 11.5 Å². The van der Waals surface area contributed by atoms with Crippen LogP contribution >= 0.6 is 15.9 Å². The van der Waals surface area contributed by atoms with Gasteiger partial charge in [0.2, 0.25) is 0 Å². The topological polar surface area (TPSA) is 48.4 Å². The van der Waals surface area contributed by atoms with Gasteiger partial charge in [0.1, 0.15) is 5.75 Å². The maximum absolute atomic E-state index is 13.5. The van der Waals surface area contributed by atoms with Gasteiger partial charge in [0.05, 0.1) is 7.11 Å². The molecular formula is C13H9BrFNO3. The number of esters is 1. The molecule has 0 N–H and O–H groups in total. The van der Waals surface area contributed by atoms with Gasteiger partial charge < -0.3 is 9.47 Å². The summed E-state index contributed by atoms with van der Waals surface area (Å²) in [5.41, 5.74) is 0.0930. The van der Waals surface area contributed by atoms with E-state index in [0.717, 1.165) is 0 Å². The number of rotatable bonds is 3. The van der Waals surface area contributed by atoms with Gasteiger partial charge >= 0.3 is 5.97 Å². The zero-order valence-corrected chi connectivity index (χ0v) is 11.5. The van der Waals surface area contributed by atoms with E-state index in [1.165, 1.54) is 37.6 Å². The number of halogens is 2. The van der Waals surface area contributed by atoms with Crippen LogP contribution in [0.2, 0.25) is 0 Å². The quantitative estimate of drug-likeness (QED) is 0.809. The highest BCUT2D eigenvalue weighted by molar-refractivity contribution is 9.10. The van der Waals surface area contributed by atoms with Crippen molar-refractivity contribution in [3.05, 3.63) is 52.5 Å². The maximum atomic E-state index is 13.5. The first-order valence-corrected chi connectivity index (χ1v) is 6.06. The number of hydrogen-bond acceptors (Lipinski definition) is 4. The molecule has 98 valence electrons. The van der Waals surface area contributed by atoms with Crippen molar-refractivity contribution >= 4 is 21.9 Å². The van der Waals surface area contributed by atoms with Crippen LogP contribution in [-0.4, -0.2) is 18.1 Å². The van der Waals surface area contributed by atoms with Gasteiger partial charge in [-0.05, 0) is 24.3 Å². The zero-order valence-electron chi connectivity index (χ0n) is 9.89. The molecule has 0 radical (unpaired) electrons. The van der Waals surface area contributed by atoms with E-state index in [1.54, 1.807) is 6.07 Å². The molecule has 4 nitrogen and oxygen atoms in total. The normalized spacial score (nSPS) is 10.1. The molecule has 0 amide bonds. The average Bonchev–Trinajstić information content (AvgIpc) is 2.42. The van der Waals surface area contributed by atoms with E-state index < -0.39 is 11.8 Å². The fraction of sp³-hybridized carbons (Fsp3) is 0.0769. The molecule has 1 heterocycles. The number of carbonyl (C=O) groups excluding carboxylic acids is 1. The van der Waals surface area contributed by atoms with E-state index in [4.69, 9.17) is 4.74 Å². The number of ether oxygens (including phenoxy) is 2. The third-order valence-electron chi connectivity index (χ3n) is 2.25. The second-order valence-electron chi connectivity index (χ2n) is 3.55. The van der Waals surface area contributed by atoms with Gasteiger partial charge in [-0.15, -0.1) is 0 Å². The van der Waals surface area contributed by atoms with Crippen molar-refractivity contribution in [1.82, 2.24) is 4.98 Å². The van der Waals surface area contributed by atoms with Gasteiger partial charge in [0.15, 0.2) is 17.3 Å². The molecule has 0 aliphatic rings. The summed E-state index contributed by atoms with van der Waals surface area (Å²) in [4.78, 5) is 15.2. The molecule has 2 rings (SSSR count). The Morgan fingerprint density at radius 1 is 1.32 bits per heavy atom. The lowest BCUT2D eigenvalue weighted by molar-refractivity contribution is 0.0593. The number of hydrogen-bond donors (Lipinski definition) is 0. The van der Waals surface area contributed by atoms with Crippen LogP contribution in [0.3, 0.4) is 0 Å². The maximum Gasteiger partial charge on any atom is 0.356 e. The Bertz CT molecular complexity index is 619. The molecule has 0 aliphatic carbocycles. The Kier molecular flexibility index (Phi) is 4.11. The lowest BCUT2D eigenvalue weighted by Gasteiger charge is -2.07. The molecule has 2 aromatic rings. The molecule has 1 aromatic heterocycles. The molecule has 0 bridgehead atoms. The van der Waals surface area contributed by atoms with Crippen molar-refractivity contribution in [2.75, 3.05) is 7.11 Å². The van der Waals surface area contributed by atoms with Crippen LogP contribution in [0.15, 0.2) is 41.0 Å². The monoisotopic (exact) mass is 325 g/mol. The number of methoxy groups -OCH3 is 1. The minimum atomic E-state index is -0.583. The Morgan fingerprint density at radius 2 is 2.11 bits per heavy atom. The first kappa shape index (κ1) is 13.5. The fourth-order valence-corrected chi connectivity index (χ4v) is 1.71. The summed E-state index contributed by atoms with van der Waals surface area (Å²) in [5.74, 6) is -0.733. The Balaban J connectivity index is 2.28. The summed E-state index contributed by atoms with van der Waals surface area (Å²) in [6, 6.07) is 7.24. The second-order valence-corrected chi connectivity index (χ2v) is 4.46. The Morgan fingerprint density at radius 3 is 2.84 bits per heavy atom. The third-order valence-corrected chi connectivity index (χ3v) is 2.74. The van der Waals surface area contributed by atoms with Crippen LogP contribution < -0.4 is 4.74 Å². The van der Waals surface area contributed by atoms with Gasteiger partial charge in [-0.25, -0.2) is 14.2 Å². The summed E-state index contributed by atoms with van der Waals surface area (Å²) in [6.07, 6.45) is 1.39. The van der Waals surface area contributed by atoms with Crippen LogP contribution in [-0.2, 0) is 4.74 Å². The van der Waals surface area contributed by atoms with Gasteiger partial charge in [-0.3, -0.25) is 0 Å². The molecule has 6 heteroatoms. The predicted molar refractivity (Wildman–Crippen MR) is 69.8 cm³/mol. The minimum Gasteiger partial charge on any atom is -0.464 e. The SMILES string of the molecule is COC(=O)c1cc(Oc2cc(Br)ccc2F)ccn1. The van der Waals surface area contributed by atoms with Gasteiger partial charge in [0.25, 0.3) is 0 Å². The lowest BCUT2D eigenvalue weighted by atomic mass is 10.3. The minimum absolute atomic E-state index is 0.0522.